The van der Waals surface area contributed by atoms with E-state index in [0.29, 0.717) is 80.9 Å². The van der Waals surface area contributed by atoms with Gasteiger partial charge in [0.15, 0.2) is 0 Å². The summed E-state index contributed by atoms with van der Waals surface area (Å²) in [5, 5.41) is 6.77. The third-order valence-electron chi connectivity index (χ3n) is 7.37. The molecule has 4 amide bonds. The monoisotopic (exact) mass is 554 g/mol. The summed E-state index contributed by atoms with van der Waals surface area (Å²) < 4.78 is 5.39. The van der Waals surface area contributed by atoms with Gasteiger partial charge in [0.05, 0.1) is 24.6 Å². The highest BCUT2D eigenvalue weighted by molar-refractivity contribution is 6.31. The first-order valence-electron chi connectivity index (χ1n) is 13.6. The molecule has 10 nitrogen and oxygen atoms in total. The van der Waals surface area contributed by atoms with E-state index in [0.717, 1.165) is 31.7 Å². The van der Waals surface area contributed by atoms with Crippen molar-refractivity contribution in [3.63, 3.8) is 0 Å². The van der Waals surface area contributed by atoms with Gasteiger partial charge in [-0.3, -0.25) is 9.59 Å². The molecule has 11 heteroatoms. The van der Waals surface area contributed by atoms with Crippen LogP contribution in [0.2, 0.25) is 5.02 Å². The first-order valence-corrected chi connectivity index (χ1v) is 13.9. The molecule has 3 heterocycles. The van der Waals surface area contributed by atoms with Crippen molar-refractivity contribution in [2.24, 2.45) is 0 Å². The summed E-state index contributed by atoms with van der Waals surface area (Å²) in [6.07, 6.45) is 0.791. The van der Waals surface area contributed by atoms with E-state index in [9.17, 15) is 14.4 Å². The second-order valence-electron chi connectivity index (χ2n) is 9.95. The number of rotatable bonds is 4. The third-order valence-corrected chi connectivity index (χ3v) is 7.61. The van der Waals surface area contributed by atoms with Gasteiger partial charge in [0.25, 0.3) is 11.8 Å². The largest absolute Gasteiger partial charge is 0.378 e. The summed E-state index contributed by atoms with van der Waals surface area (Å²) in [6.45, 7) is 7.73. The number of hydrogen-bond donors (Lipinski definition) is 2. The van der Waals surface area contributed by atoms with Crippen molar-refractivity contribution in [3.8, 4) is 0 Å². The van der Waals surface area contributed by atoms with Crippen molar-refractivity contribution >= 4 is 40.8 Å². The van der Waals surface area contributed by atoms with Gasteiger partial charge in [-0.25, -0.2) is 4.79 Å². The normalized spacial score (nSPS) is 18.5. The molecular weight excluding hydrogens is 520 g/mol. The SMILES string of the molecule is O=C(Nc1cc(C(=O)N2CCNCC2)ccc1N1CCCN(C(=O)N2CCOCC2)CC1)c1cccc(Cl)c1. The molecule has 0 saturated carbocycles. The van der Waals surface area contributed by atoms with Gasteiger partial charge in [0.1, 0.15) is 0 Å². The maximum absolute atomic E-state index is 13.3. The average Bonchev–Trinajstić information content (AvgIpc) is 3.23. The second kappa shape index (κ2) is 12.7. The van der Waals surface area contributed by atoms with E-state index in [4.69, 9.17) is 16.3 Å². The Hall–Kier alpha value is -3.34. The van der Waals surface area contributed by atoms with Gasteiger partial charge in [-0.15, -0.1) is 0 Å². The number of carbonyl (C=O) groups is 3. The van der Waals surface area contributed by atoms with E-state index in [1.165, 1.54) is 0 Å². The van der Waals surface area contributed by atoms with Crippen LogP contribution in [0.3, 0.4) is 0 Å². The molecule has 2 aromatic rings. The minimum absolute atomic E-state index is 0.0478. The van der Waals surface area contributed by atoms with Crippen molar-refractivity contribution in [3.05, 3.63) is 58.6 Å². The van der Waals surface area contributed by atoms with Crippen LogP contribution in [0.5, 0.6) is 0 Å². The zero-order valence-corrected chi connectivity index (χ0v) is 22.8. The van der Waals surface area contributed by atoms with Crippen LogP contribution < -0.4 is 15.5 Å². The highest BCUT2D eigenvalue weighted by Crippen LogP contribution is 2.30. The molecule has 3 aliphatic heterocycles. The number of amides is 4. The predicted molar refractivity (Wildman–Crippen MR) is 151 cm³/mol. The summed E-state index contributed by atoms with van der Waals surface area (Å²) in [5.74, 6) is -0.357. The van der Waals surface area contributed by atoms with Crippen molar-refractivity contribution in [2.75, 3.05) is 88.9 Å². The molecule has 3 saturated heterocycles. The Morgan fingerprint density at radius 3 is 2.33 bits per heavy atom. The fourth-order valence-corrected chi connectivity index (χ4v) is 5.41. The van der Waals surface area contributed by atoms with Crippen LogP contribution in [0.4, 0.5) is 16.2 Å². The number of morpholine rings is 1. The van der Waals surface area contributed by atoms with Crippen molar-refractivity contribution in [1.82, 2.24) is 20.0 Å². The fourth-order valence-electron chi connectivity index (χ4n) is 5.22. The van der Waals surface area contributed by atoms with Gasteiger partial charge < -0.3 is 35.0 Å². The van der Waals surface area contributed by atoms with Crippen LogP contribution in [-0.4, -0.2) is 111 Å². The van der Waals surface area contributed by atoms with Gasteiger partial charge in [-0.05, 0) is 42.8 Å². The lowest BCUT2D eigenvalue weighted by atomic mass is 10.1. The summed E-state index contributed by atoms with van der Waals surface area (Å²) in [4.78, 5) is 47.3. The van der Waals surface area contributed by atoms with Crippen molar-refractivity contribution < 1.29 is 19.1 Å². The van der Waals surface area contributed by atoms with Gasteiger partial charge in [-0.2, -0.15) is 0 Å². The van der Waals surface area contributed by atoms with Gasteiger partial charge >= 0.3 is 6.03 Å². The number of piperazine rings is 1. The molecule has 3 fully saturated rings. The number of urea groups is 1. The first kappa shape index (κ1) is 27.2. The van der Waals surface area contributed by atoms with Gasteiger partial charge in [0, 0.05) is 81.6 Å². The number of anilines is 2. The zero-order valence-electron chi connectivity index (χ0n) is 22.0. The molecular formula is C28H35ClN6O4. The van der Waals surface area contributed by atoms with Crippen LogP contribution in [0, 0.1) is 0 Å². The molecule has 5 rings (SSSR count). The van der Waals surface area contributed by atoms with E-state index < -0.39 is 0 Å². The number of halogens is 1. The number of nitrogens with zero attached hydrogens (tertiary/aromatic N) is 4. The topological polar surface area (TPSA) is 97.5 Å². The lowest BCUT2D eigenvalue weighted by molar-refractivity contribution is 0.0438. The number of benzene rings is 2. The molecule has 208 valence electrons. The Bertz CT molecular complexity index is 1200. The molecule has 2 N–H and O–H groups in total. The van der Waals surface area contributed by atoms with Crippen LogP contribution >= 0.6 is 11.6 Å². The van der Waals surface area contributed by atoms with Crippen LogP contribution in [0.15, 0.2) is 42.5 Å². The quantitative estimate of drug-likeness (QED) is 0.603. The van der Waals surface area contributed by atoms with E-state index >= 15 is 0 Å². The third kappa shape index (κ3) is 6.63. The highest BCUT2D eigenvalue weighted by Gasteiger charge is 2.27. The lowest BCUT2D eigenvalue weighted by Crippen LogP contribution is -2.49. The van der Waals surface area contributed by atoms with Crippen LogP contribution in [0.25, 0.3) is 0 Å². The van der Waals surface area contributed by atoms with Gasteiger partial charge in [-0.1, -0.05) is 17.7 Å². The van der Waals surface area contributed by atoms with E-state index in [1.807, 2.05) is 26.8 Å². The number of nitrogens with one attached hydrogen (secondary N) is 2. The average molecular weight is 555 g/mol. The van der Waals surface area contributed by atoms with Gasteiger partial charge in [0.2, 0.25) is 0 Å². The maximum Gasteiger partial charge on any atom is 0.320 e. The molecule has 0 atom stereocenters. The highest BCUT2D eigenvalue weighted by atomic mass is 35.5. The molecule has 0 unspecified atom stereocenters. The minimum Gasteiger partial charge on any atom is -0.378 e. The smallest absolute Gasteiger partial charge is 0.320 e. The fraction of sp³-hybridized carbons (Fsp3) is 0.464. The molecule has 0 radical (unpaired) electrons. The lowest BCUT2D eigenvalue weighted by Gasteiger charge is -2.32. The Morgan fingerprint density at radius 1 is 0.795 bits per heavy atom. The minimum atomic E-state index is -0.301. The van der Waals surface area contributed by atoms with Crippen LogP contribution in [0.1, 0.15) is 27.1 Å². The van der Waals surface area contributed by atoms with Crippen molar-refractivity contribution in [1.29, 1.82) is 0 Å². The van der Waals surface area contributed by atoms with Crippen molar-refractivity contribution in [2.45, 2.75) is 6.42 Å². The van der Waals surface area contributed by atoms with E-state index in [2.05, 4.69) is 15.5 Å². The molecule has 0 spiro atoms. The van der Waals surface area contributed by atoms with Crippen LogP contribution in [-0.2, 0) is 4.74 Å². The summed E-state index contributed by atoms with van der Waals surface area (Å²) in [5.41, 5.74) is 2.35. The Morgan fingerprint density at radius 2 is 1.56 bits per heavy atom. The summed E-state index contributed by atoms with van der Waals surface area (Å²) in [7, 11) is 0. The number of carbonyl (C=O) groups excluding carboxylic acids is 3. The second-order valence-corrected chi connectivity index (χ2v) is 10.4. The zero-order chi connectivity index (χ0) is 27.2. The molecule has 0 aliphatic carbocycles. The Kier molecular flexibility index (Phi) is 8.85. The molecule has 2 aromatic carbocycles. The first-order chi connectivity index (χ1) is 19.0. The summed E-state index contributed by atoms with van der Waals surface area (Å²) >= 11 is 6.13. The standard InChI is InChI=1S/C28H35ClN6O4/c29-23-4-1-3-21(19-23)26(36)31-24-20-22(27(37)33-11-7-30-8-12-33)5-6-25(24)32-9-2-10-34(14-13-32)28(38)35-15-17-39-18-16-35/h1,3-6,19-20,30H,2,7-18H2,(H,31,36). The Balaban J connectivity index is 1.37. The number of ether oxygens (including phenoxy) is 1. The van der Waals surface area contributed by atoms with E-state index in [1.54, 1.807) is 30.3 Å². The maximum atomic E-state index is 13.3. The summed E-state index contributed by atoms with van der Waals surface area (Å²) in [6, 6.07) is 12.3. The number of hydrogen-bond acceptors (Lipinski definition) is 6. The predicted octanol–water partition coefficient (Wildman–Crippen LogP) is 2.60. The molecule has 39 heavy (non-hydrogen) atoms. The molecule has 0 aromatic heterocycles. The molecule has 3 aliphatic rings. The van der Waals surface area contributed by atoms with E-state index in [-0.39, 0.29) is 17.8 Å². The Labute approximate surface area is 233 Å². The molecule has 0 bridgehead atoms.